The second-order valence-corrected chi connectivity index (χ2v) is 7.13. The van der Waals surface area contributed by atoms with Crippen molar-refractivity contribution < 1.29 is 9.47 Å². The van der Waals surface area contributed by atoms with E-state index in [4.69, 9.17) is 9.47 Å². The molecule has 0 bridgehead atoms. The van der Waals surface area contributed by atoms with Gasteiger partial charge in [0.15, 0.2) is 5.82 Å². The number of benzene rings is 2. The highest BCUT2D eigenvalue weighted by Gasteiger charge is 2.28. The van der Waals surface area contributed by atoms with Gasteiger partial charge in [0, 0.05) is 36.5 Å². The second-order valence-electron chi connectivity index (χ2n) is 7.13. The minimum atomic E-state index is 0.223. The Hall–Kier alpha value is -2.66. The van der Waals surface area contributed by atoms with Crippen molar-refractivity contribution in [2.45, 2.75) is 19.4 Å². The third-order valence-electron chi connectivity index (χ3n) is 5.52. The van der Waals surface area contributed by atoms with E-state index >= 15 is 0 Å². The van der Waals surface area contributed by atoms with Crippen molar-refractivity contribution in [2.24, 2.45) is 5.92 Å². The molecule has 1 aromatic heterocycles. The molecule has 0 aliphatic carbocycles. The van der Waals surface area contributed by atoms with Crippen LogP contribution in [0.1, 0.15) is 13.3 Å². The Morgan fingerprint density at radius 3 is 2.41 bits per heavy atom. The predicted molar refractivity (Wildman–Crippen MR) is 108 cm³/mol. The quantitative estimate of drug-likeness (QED) is 0.696. The van der Waals surface area contributed by atoms with Crippen LogP contribution in [0.15, 0.2) is 48.5 Å². The minimum Gasteiger partial charge on any atom is -0.497 e. The van der Waals surface area contributed by atoms with Crippen LogP contribution in [-0.2, 0) is 4.74 Å². The highest BCUT2D eigenvalue weighted by atomic mass is 16.5. The lowest BCUT2D eigenvalue weighted by Crippen LogP contribution is -2.44. The zero-order valence-corrected chi connectivity index (χ0v) is 16.1. The lowest BCUT2D eigenvalue weighted by atomic mass is 9.95. The summed E-state index contributed by atoms with van der Waals surface area (Å²) in [6.07, 6.45) is 1.31. The number of hydrogen-bond donors (Lipinski definition) is 0. The number of hydrogen-bond acceptors (Lipinski definition) is 5. The molecule has 0 saturated carbocycles. The third kappa shape index (κ3) is 3.35. The van der Waals surface area contributed by atoms with E-state index in [0.29, 0.717) is 5.92 Å². The number of anilines is 1. The van der Waals surface area contributed by atoms with E-state index in [0.717, 1.165) is 53.1 Å². The van der Waals surface area contributed by atoms with Crippen molar-refractivity contribution in [3.8, 4) is 17.0 Å². The fourth-order valence-corrected chi connectivity index (χ4v) is 3.82. The van der Waals surface area contributed by atoms with E-state index in [2.05, 4.69) is 46.3 Å². The molecule has 3 aromatic rings. The van der Waals surface area contributed by atoms with Crippen LogP contribution in [0.3, 0.4) is 0 Å². The molecular formula is C22H25N3O2. The van der Waals surface area contributed by atoms with E-state index in [1.54, 1.807) is 14.2 Å². The summed E-state index contributed by atoms with van der Waals surface area (Å²) in [6.45, 7) is 4.07. The van der Waals surface area contributed by atoms with Gasteiger partial charge in [0.25, 0.3) is 0 Å². The Kier molecular flexibility index (Phi) is 4.94. The molecule has 2 aromatic carbocycles. The van der Waals surface area contributed by atoms with Crippen molar-refractivity contribution in [3.05, 3.63) is 48.5 Å². The van der Waals surface area contributed by atoms with Crippen molar-refractivity contribution in [1.29, 1.82) is 0 Å². The zero-order chi connectivity index (χ0) is 18.8. The number of methoxy groups -OCH3 is 2. The molecule has 1 saturated heterocycles. The van der Waals surface area contributed by atoms with E-state index in [-0.39, 0.29) is 6.10 Å². The molecule has 2 atom stereocenters. The maximum atomic E-state index is 5.68. The molecule has 5 nitrogen and oxygen atoms in total. The highest BCUT2D eigenvalue weighted by Crippen LogP contribution is 2.33. The summed E-state index contributed by atoms with van der Waals surface area (Å²) < 4.78 is 10.9. The summed E-state index contributed by atoms with van der Waals surface area (Å²) in [5, 5.41) is 11.5. The van der Waals surface area contributed by atoms with Crippen molar-refractivity contribution in [3.63, 3.8) is 0 Å². The van der Waals surface area contributed by atoms with Gasteiger partial charge in [-0.25, -0.2) is 0 Å². The van der Waals surface area contributed by atoms with Gasteiger partial charge in [-0.3, -0.25) is 0 Å². The van der Waals surface area contributed by atoms with E-state index < -0.39 is 0 Å². The molecule has 5 heteroatoms. The molecule has 140 valence electrons. The molecule has 0 radical (unpaired) electrons. The Morgan fingerprint density at radius 1 is 0.963 bits per heavy atom. The normalized spacial score (nSPS) is 20.0. The van der Waals surface area contributed by atoms with Crippen molar-refractivity contribution >= 4 is 16.6 Å². The van der Waals surface area contributed by atoms with Gasteiger partial charge in [-0.15, -0.1) is 10.2 Å². The number of rotatable bonds is 4. The second kappa shape index (κ2) is 7.53. The summed E-state index contributed by atoms with van der Waals surface area (Å²) in [5.74, 6) is 2.33. The first-order valence-electron chi connectivity index (χ1n) is 9.39. The zero-order valence-electron chi connectivity index (χ0n) is 16.1. The molecule has 1 aliphatic rings. The van der Waals surface area contributed by atoms with Crippen LogP contribution in [0.2, 0.25) is 0 Å². The number of nitrogens with zero attached hydrogens (tertiary/aromatic N) is 3. The Labute approximate surface area is 159 Å². The largest absolute Gasteiger partial charge is 0.497 e. The molecule has 2 heterocycles. The molecule has 2 unspecified atom stereocenters. The average molecular weight is 363 g/mol. The van der Waals surface area contributed by atoms with Gasteiger partial charge >= 0.3 is 0 Å². The van der Waals surface area contributed by atoms with Crippen LogP contribution in [0.5, 0.6) is 5.75 Å². The average Bonchev–Trinajstić information content (AvgIpc) is 2.73. The number of piperidine rings is 1. The van der Waals surface area contributed by atoms with Crippen LogP contribution in [0.25, 0.3) is 22.0 Å². The molecule has 0 spiro atoms. The van der Waals surface area contributed by atoms with Gasteiger partial charge < -0.3 is 14.4 Å². The summed E-state index contributed by atoms with van der Waals surface area (Å²) in [5.41, 5.74) is 1.93. The fraction of sp³-hybridized carbons (Fsp3) is 0.364. The van der Waals surface area contributed by atoms with Crippen LogP contribution in [0, 0.1) is 5.92 Å². The maximum absolute atomic E-state index is 5.68. The molecule has 27 heavy (non-hydrogen) atoms. The number of aromatic nitrogens is 2. The first-order valence-corrected chi connectivity index (χ1v) is 9.39. The molecule has 0 amide bonds. The fourth-order valence-electron chi connectivity index (χ4n) is 3.82. The van der Waals surface area contributed by atoms with Gasteiger partial charge in [0.2, 0.25) is 0 Å². The Morgan fingerprint density at radius 2 is 1.70 bits per heavy atom. The lowest BCUT2D eigenvalue weighted by molar-refractivity contribution is 0.0497. The molecule has 1 fully saturated rings. The van der Waals surface area contributed by atoms with Crippen LogP contribution >= 0.6 is 0 Å². The van der Waals surface area contributed by atoms with Gasteiger partial charge in [0.05, 0.1) is 13.2 Å². The minimum absolute atomic E-state index is 0.223. The summed E-state index contributed by atoms with van der Waals surface area (Å²) in [7, 11) is 3.47. The standard InChI is InChI=1S/C22H25N3O2/c1-15-12-13-25(14-20(15)27-3)22-19-7-5-4-6-18(19)21(23-24-22)16-8-10-17(26-2)11-9-16/h4-11,15,20H,12-14H2,1-3H3. The van der Waals surface area contributed by atoms with E-state index in [9.17, 15) is 0 Å². The van der Waals surface area contributed by atoms with E-state index in [1.165, 1.54) is 0 Å². The highest BCUT2D eigenvalue weighted by molar-refractivity contribution is 6.00. The molecular weight excluding hydrogens is 338 g/mol. The first-order chi connectivity index (χ1) is 13.2. The summed E-state index contributed by atoms with van der Waals surface area (Å²) in [6, 6.07) is 16.3. The smallest absolute Gasteiger partial charge is 0.159 e. The molecule has 4 rings (SSSR count). The van der Waals surface area contributed by atoms with Gasteiger partial charge in [-0.2, -0.15) is 0 Å². The Balaban J connectivity index is 1.76. The van der Waals surface area contributed by atoms with Crippen molar-refractivity contribution in [1.82, 2.24) is 10.2 Å². The van der Waals surface area contributed by atoms with Crippen molar-refractivity contribution in [2.75, 3.05) is 32.2 Å². The monoisotopic (exact) mass is 363 g/mol. The Bertz CT molecular complexity index is 926. The van der Waals surface area contributed by atoms with Gasteiger partial charge in [0.1, 0.15) is 11.4 Å². The third-order valence-corrected chi connectivity index (χ3v) is 5.52. The molecule has 1 aliphatic heterocycles. The van der Waals surface area contributed by atoms with Crippen LogP contribution in [-0.4, -0.2) is 43.6 Å². The summed E-state index contributed by atoms with van der Waals surface area (Å²) >= 11 is 0. The van der Waals surface area contributed by atoms with Gasteiger partial charge in [-0.05, 0) is 36.6 Å². The number of ether oxygens (including phenoxy) is 2. The van der Waals surface area contributed by atoms with E-state index in [1.807, 2.05) is 24.3 Å². The summed E-state index contributed by atoms with van der Waals surface area (Å²) in [4.78, 5) is 2.31. The van der Waals surface area contributed by atoms with Crippen LogP contribution < -0.4 is 9.64 Å². The van der Waals surface area contributed by atoms with Crippen LogP contribution in [0.4, 0.5) is 5.82 Å². The lowest BCUT2D eigenvalue weighted by Gasteiger charge is -2.37. The topological polar surface area (TPSA) is 47.5 Å². The molecule has 0 N–H and O–H groups in total. The number of fused-ring (bicyclic) bond motifs is 1. The SMILES string of the molecule is COc1ccc(-c2nnc(N3CCC(C)C(OC)C3)c3ccccc23)cc1. The van der Waals surface area contributed by atoms with Gasteiger partial charge in [-0.1, -0.05) is 31.2 Å². The predicted octanol–water partition coefficient (Wildman–Crippen LogP) is 4.17. The maximum Gasteiger partial charge on any atom is 0.159 e. The first kappa shape index (κ1) is 17.7.